The van der Waals surface area contributed by atoms with Gasteiger partial charge in [-0.25, -0.2) is 8.42 Å². The molecule has 0 radical (unpaired) electrons. The van der Waals surface area contributed by atoms with Gasteiger partial charge in [0.25, 0.3) is 0 Å². The van der Waals surface area contributed by atoms with Crippen molar-refractivity contribution in [3.63, 3.8) is 0 Å². The predicted octanol–water partition coefficient (Wildman–Crippen LogP) is 0.404. The summed E-state index contributed by atoms with van der Waals surface area (Å²) in [6.07, 6.45) is 1.16. The molecule has 0 bridgehead atoms. The quantitative estimate of drug-likeness (QED) is 0.754. The fraction of sp³-hybridized carbons (Fsp3) is 0.462. The predicted molar refractivity (Wildman–Crippen MR) is 80.5 cm³/mol. The molecular formula is C13H20N2O5S. The van der Waals surface area contributed by atoms with E-state index < -0.39 is 21.8 Å². The highest BCUT2D eigenvalue weighted by Crippen LogP contribution is 2.29. The minimum Gasteiger partial charge on any atom is -0.497 e. The first kappa shape index (κ1) is 17.3. The third-order valence-corrected chi connectivity index (χ3v) is 3.78. The normalized spacial score (nSPS) is 12.6. The Morgan fingerprint density at radius 3 is 2.52 bits per heavy atom. The van der Waals surface area contributed by atoms with Crippen molar-refractivity contribution in [2.45, 2.75) is 12.5 Å². The monoisotopic (exact) mass is 316 g/mol. The van der Waals surface area contributed by atoms with Crippen molar-refractivity contribution < 1.29 is 22.7 Å². The zero-order chi connectivity index (χ0) is 16.0. The van der Waals surface area contributed by atoms with Gasteiger partial charge in [0, 0.05) is 12.3 Å². The van der Waals surface area contributed by atoms with Gasteiger partial charge in [-0.2, -0.15) is 0 Å². The van der Waals surface area contributed by atoms with E-state index in [2.05, 4.69) is 5.32 Å². The molecule has 0 aliphatic heterocycles. The molecular weight excluding hydrogens is 296 g/mol. The van der Waals surface area contributed by atoms with Crippen LogP contribution in [0.3, 0.4) is 0 Å². The third-order valence-electron chi connectivity index (χ3n) is 2.80. The van der Waals surface area contributed by atoms with Crippen LogP contribution in [0.25, 0.3) is 0 Å². The average Bonchev–Trinajstić information content (AvgIpc) is 2.44. The number of sulfone groups is 1. The van der Waals surface area contributed by atoms with Gasteiger partial charge in [0.1, 0.15) is 21.3 Å². The molecule has 0 saturated heterocycles. The lowest BCUT2D eigenvalue weighted by atomic mass is 10.2. The van der Waals surface area contributed by atoms with E-state index in [0.717, 1.165) is 6.26 Å². The van der Waals surface area contributed by atoms with E-state index in [1.165, 1.54) is 14.2 Å². The Labute approximate surface area is 124 Å². The summed E-state index contributed by atoms with van der Waals surface area (Å²) >= 11 is 0. The number of hydrogen-bond donors (Lipinski definition) is 2. The molecule has 3 N–H and O–H groups in total. The number of nitrogens with one attached hydrogen (secondary N) is 1. The highest BCUT2D eigenvalue weighted by atomic mass is 32.2. The number of amides is 1. The van der Waals surface area contributed by atoms with Crippen LogP contribution < -0.4 is 20.5 Å². The second kappa shape index (κ2) is 7.28. The van der Waals surface area contributed by atoms with Crippen LogP contribution in [0.1, 0.15) is 6.42 Å². The lowest BCUT2D eigenvalue weighted by Crippen LogP contribution is -2.37. The van der Waals surface area contributed by atoms with Crippen LogP contribution in [0.2, 0.25) is 0 Å². The molecule has 1 atom stereocenters. The fourth-order valence-corrected chi connectivity index (χ4v) is 2.28. The standard InChI is InChI=1S/C13H20N2O5S/c1-19-9-4-5-11(12(8-9)20-2)15-13(16)10(14)6-7-21(3,17)18/h4-5,8,10H,6-7,14H2,1-3H3,(H,15,16). The topological polar surface area (TPSA) is 108 Å². The Morgan fingerprint density at radius 1 is 1.33 bits per heavy atom. The van der Waals surface area contributed by atoms with E-state index in [-0.39, 0.29) is 12.2 Å². The lowest BCUT2D eigenvalue weighted by Gasteiger charge is -2.14. The Balaban J connectivity index is 2.74. The minimum absolute atomic E-state index is 0.0587. The Morgan fingerprint density at radius 2 is 2.00 bits per heavy atom. The van der Waals surface area contributed by atoms with Crippen LogP contribution in [0, 0.1) is 0 Å². The smallest absolute Gasteiger partial charge is 0.241 e. The maximum atomic E-state index is 11.9. The zero-order valence-corrected chi connectivity index (χ0v) is 13.1. The zero-order valence-electron chi connectivity index (χ0n) is 12.3. The first-order valence-corrected chi connectivity index (χ1v) is 8.29. The van der Waals surface area contributed by atoms with Gasteiger partial charge in [0.05, 0.1) is 31.7 Å². The van der Waals surface area contributed by atoms with Gasteiger partial charge >= 0.3 is 0 Å². The number of methoxy groups -OCH3 is 2. The molecule has 1 unspecified atom stereocenters. The van der Waals surface area contributed by atoms with Gasteiger partial charge in [-0.05, 0) is 18.6 Å². The first-order valence-electron chi connectivity index (χ1n) is 6.23. The number of nitrogens with two attached hydrogens (primary N) is 1. The van der Waals surface area contributed by atoms with Crippen molar-refractivity contribution in [1.82, 2.24) is 0 Å². The minimum atomic E-state index is -3.15. The molecule has 0 saturated carbocycles. The van der Waals surface area contributed by atoms with Gasteiger partial charge in [-0.15, -0.1) is 0 Å². The van der Waals surface area contributed by atoms with Crippen LogP contribution in [0.5, 0.6) is 11.5 Å². The molecule has 0 aliphatic carbocycles. The number of rotatable bonds is 7. The van der Waals surface area contributed by atoms with Crippen LogP contribution in [-0.2, 0) is 14.6 Å². The van der Waals surface area contributed by atoms with Gasteiger partial charge in [0.15, 0.2) is 0 Å². The fourth-order valence-electron chi connectivity index (χ4n) is 1.60. The number of carbonyl (C=O) groups excluding carboxylic acids is 1. The van der Waals surface area contributed by atoms with Crippen LogP contribution in [-0.4, -0.2) is 46.6 Å². The van der Waals surface area contributed by atoms with E-state index in [1.54, 1.807) is 18.2 Å². The molecule has 0 aromatic heterocycles. The molecule has 0 fully saturated rings. The molecule has 21 heavy (non-hydrogen) atoms. The first-order chi connectivity index (χ1) is 9.76. The van der Waals surface area contributed by atoms with E-state index in [9.17, 15) is 13.2 Å². The Bertz CT molecular complexity index is 601. The molecule has 1 aromatic carbocycles. The summed E-state index contributed by atoms with van der Waals surface area (Å²) in [7, 11) is -0.160. The van der Waals surface area contributed by atoms with Gasteiger partial charge in [-0.3, -0.25) is 4.79 Å². The van der Waals surface area contributed by atoms with E-state index >= 15 is 0 Å². The molecule has 7 nitrogen and oxygen atoms in total. The summed E-state index contributed by atoms with van der Waals surface area (Å²) in [4.78, 5) is 11.9. The SMILES string of the molecule is COc1ccc(NC(=O)C(N)CCS(C)(=O)=O)c(OC)c1. The van der Waals surface area contributed by atoms with Crippen LogP contribution in [0.4, 0.5) is 5.69 Å². The summed E-state index contributed by atoms with van der Waals surface area (Å²) in [5, 5.41) is 2.61. The van der Waals surface area contributed by atoms with Crippen molar-refractivity contribution in [3.05, 3.63) is 18.2 Å². The number of carbonyl (C=O) groups is 1. The molecule has 0 heterocycles. The molecule has 8 heteroatoms. The van der Waals surface area contributed by atoms with Gasteiger partial charge in [-0.1, -0.05) is 0 Å². The van der Waals surface area contributed by atoms with E-state index in [1.807, 2.05) is 0 Å². The molecule has 118 valence electrons. The Hall–Kier alpha value is -1.80. The molecule has 0 spiro atoms. The van der Waals surface area contributed by atoms with Crippen molar-refractivity contribution in [2.75, 3.05) is 31.5 Å². The number of ether oxygens (including phenoxy) is 2. The summed E-state index contributed by atoms with van der Waals surface area (Å²) in [6, 6.07) is 4.00. The third kappa shape index (κ3) is 5.60. The molecule has 1 rings (SSSR count). The summed E-state index contributed by atoms with van der Waals surface area (Å²) in [5.41, 5.74) is 6.12. The highest BCUT2D eigenvalue weighted by molar-refractivity contribution is 7.90. The van der Waals surface area contributed by atoms with E-state index in [4.69, 9.17) is 15.2 Å². The lowest BCUT2D eigenvalue weighted by molar-refractivity contribution is -0.117. The van der Waals surface area contributed by atoms with E-state index in [0.29, 0.717) is 17.2 Å². The second-order valence-corrected chi connectivity index (χ2v) is 6.84. The van der Waals surface area contributed by atoms with Crippen molar-refractivity contribution in [2.24, 2.45) is 5.73 Å². The average molecular weight is 316 g/mol. The highest BCUT2D eigenvalue weighted by Gasteiger charge is 2.17. The number of benzene rings is 1. The number of hydrogen-bond acceptors (Lipinski definition) is 6. The largest absolute Gasteiger partial charge is 0.497 e. The van der Waals surface area contributed by atoms with Gasteiger partial charge in [0.2, 0.25) is 5.91 Å². The summed E-state index contributed by atoms with van der Waals surface area (Å²) < 4.78 is 32.3. The molecule has 0 aliphatic rings. The molecule has 1 amide bonds. The van der Waals surface area contributed by atoms with Crippen molar-refractivity contribution in [1.29, 1.82) is 0 Å². The second-order valence-electron chi connectivity index (χ2n) is 4.58. The van der Waals surface area contributed by atoms with Crippen molar-refractivity contribution in [3.8, 4) is 11.5 Å². The Kier molecular flexibility index (Phi) is 5.98. The maximum Gasteiger partial charge on any atom is 0.241 e. The van der Waals surface area contributed by atoms with Crippen LogP contribution in [0.15, 0.2) is 18.2 Å². The number of anilines is 1. The van der Waals surface area contributed by atoms with Crippen LogP contribution >= 0.6 is 0 Å². The summed E-state index contributed by atoms with van der Waals surface area (Å²) in [6.45, 7) is 0. The maximum absolute atomic E-state index is 11.9. The van der Waals surface area contributed by atoms with Gasteiger partial charge < -0.3 is 20.5 Å². The van der Waals surface area contributed by atoms with Crippen molar-refractivity contribution >= 4 is 21.4 Å². The summed E-state index contributed by atoms with van der Waals surface area (Å²) in [5.74, 6) is 0.410. The molecule has 1 aromatic rings.